The predicted octanol–water partition coefficient (Wildman–Crippen LogP) is 3.80. The van der Waals surface area contributed by atoms with Gasteiger partial charge in [0.15, 0.2) is 0 Å². The second-order valence-corrected chi connectivity index (χ2v) is 8.78. The van der Waals surface area contributed by atoms with Crippen molar-refractivity contribution in [1.29, 1.82) is 0 Å². The van der Waals surface area contributed by atoms with Crippen molar-refractivity contribution in [2.75, 3.05) is 39.4 Å². The van der Waals surface area contributed by atoms with Gasteiger partial charge in [0, 0.05) is 31.7 Å². The van der Waals surface area contributed by atoms with Crippen LogP contribution in [0, 0.1) is 0 Å². The number of nitrogens with zero attached hydrogens (tertiary/aromatic N) is 2. The van der Waals surface area contributed by atoms with Crippen molar-refractivity contribution >= 4 is 40.3 Å². The van der Waals surface area contributed by atoms with Crippen LogP contribution >= 0.6 is 24.0 Å². The van der Waals surface area contributed by atoms with Crippen LogP contribution in [0.2, 0.25) is 0 Å². The van der Waals surface area contributed by atoms with Crippen LogP contribution in [0.1, 0.15) is 11.1 Å². The summed E-state index contributed by atoms with van der Waals surface area (Å²) >= 11 is 6.83. The van der Waals surface area contributed by atoms with Gasteiger partial charge in [-0.1, -0.05) is 72.5 Å². The minimum atomic E-state index is -0.0314. The molecule has 4 rings (SSSR count). The first-order chi connectivity index (χ1) is 14.7. The third-order valence-electron chi connectivity index (χ3n) is 5.06. The topological polar surface area (TPSA) is 42.0 Å². The van der Waals surface area contributed by atoms with Crippen LogP contribution in [0.25, 0.3) is 6.08 Å². The Morgan fingerprint density at radius 2 is 1.77 bits per heavy atom. The van der Waals surface area contributed by atoms with Crippen LogP contribution in [-0.4, -0.2) is 59.4 Å². The van der Waals surface area contributed by atoms with Gasteiger partial charge >= 0.3 is 0 Å². The number of hydrogen-bond donors (Lipinski definition) is 0. The molecule has 2 saturated heterocycles. The molecule has 2 fully saturated rings. The van der Waals surface area contributed by atoms with Gasteiger partial charge in [-0.05, 0) is 17.7 Å². The number of hydrogen-bond acceptors (Lipinski definition) is 6. The Labute approximate surface area is 186 Å². The average Bonchev–Trinajstić information content (AvgIpc) is 3.05. The van der Waals surface area contributed by atoms with Gasteiger partial charge in [0.25, 0.3) is 5.91 Å². The molecule has 0 bridgehead atoms. The fraction of sp³-hybridized carbons (Fsp3) is 0.304. The number of para-hydroxylation sites is 1. The van der Waals surface area contributed by atoms with Crippen molar-refractivity contribution < 1.29 is 14.3 Å². The van der Waals surface area contributed by atoms with E-state index >= 15 is 0 Å². The van der Waals surface area contributed by atoms with Crippen molar-refractivity contribution in [2.45, 2.75) is 6.61 Å². The first-order valence-electron chi connectivity index (χ1n) is 10.0. The third-order valence-corrected chi connectivity index (χ3v) is 6.44. The van der Waals surface area contributed by atoms with Crippen molar-refractivity contribution in [1.82, 2.24) is 9.80 Å². The Kier molecular flexibility index (Phi) is 7.17. The summed E-state index contributed by atoms with van der Waals surface area (Å²) in [7, 11) is 0. The number of carbonyl (C=O) groups is 1. The summed E-state index contributed by atoms with van der Waals surface area (Å²) in [5.74, 6) is 0.719. The molecular formula is C23H24N2O3S2. The summed E-state index contributed by atoms with van der Waals surface area (Å²) in [4.78, 5) is 17.6. The second kappa shape index (κ2) is 10.2. The van der Waals surface area contributed by atoms with E-state index in [2.05, 4.69) is 4.90 Å². The summed E-state index contributed by atoms with van der Waals surface area (Å²) in [5, 5.41) is 0. The van der Waals surface area contributed by atoms with Crippen LogP contribution in [0.4, 0.5) is 0 Å². The van der Waals surface area contributed by atoms with E-state index in [-0.39, 0.29) is 5.91 Å². The van der Waals surface area contributed by atoms with Crippen LogP contribution in [-0.2, 0) is 16.1 Å². The first kappa shape index (κ1) is 21.1. The first-order valence-corrected chi connectivity index (χ1v) is 11.2. The quantitative estimate of drug-likeness (QED) is 0.482. The van der Waals surface area contributed by atoms with Crippen molar-refractivity contribution in [3.05, 3.63) is 70.6 Å². The fourth-order valence-electron chi connectivity index (χ4n) is 3.37. The highest BCUT2D eigenvalue weighted by atomic mass is 32.2. The summed E-state index contributed by atoms with van der Waals surface area (Å²) in [6.45, 7) is 5.18. The van der Waals surface area contributed by atoms with E-state index in [1.54, 1.807) is 4.90 Å². The second-order valence-electron chi connectivity index (χ2n) is 7.10. The molecule has 0 aromatic heterocycles. The molecule has 30 heavy (non-hydrogen) atoms. The van der Waals surface area contributed by atoms with Gasteiger partial charge in [-0.15, -0.1) is 0 Å². The highest BCUT2D eigenvalue weighted by Crippen LogP contribution is 2.34. The van der Waals surface area contributed by atoms with Gasteiger partial charge in [-0.3, -0.25) is 14.6 Å². The third kappa shape index (κ3) is 5.29. The van der Waals surface area contributed by atoms with E-state index in [1.807, 2.05) is 60.7 Å². The molecule has 0 saturated carbocycles. The van der Waals surface area contributed by atoms with E-state index in [0.29, 0.717) is 22.4 Å². The van der Waals surface area contributed by atoms with Crippen LogP contribution < -0.4 is 4.74 Å². The summed E-state index contributed by atoms with van der Waals surface area (Å²) < 4.78 is 12.0. The zero-order valence-corrected chi connectivity index (χ0v) is 18.3. The number of carbonyl (C=O) groups excluding carboxylic acids is 1. The van der Waals surface area contributed by atoms with E-state index in [1.165, 1.54) is 11.8 Å². The van der Waals surface area contributed by atoms with Gasteiger partial charge in [0.2, 0.25) is 0 Å². The monoisotopic (exact) mass is 440 g/mol. The number of ether oxygens (including phenoxy) is 2. The minimum Gasteiger partial charge on any atom is -0.488 e. The smallest absolute Gasteiger partial charge is 0.266 e. The molecule has 2 aromatic rings. The molecule has 5 nitrogen and oxygen atoms in total. The summed E-state index contributed by atoms with van der Waals surface area (Å²) in [5.41, 5.74) is 1.98. The molecule has 0 N–H and O–H groups in total. The Bertz CT molecular complexity index is 927. The number of benzene rings is 2. The van der Waals surface area contributed by atoms with Crippen LogP contribution in [0.3, 0.4) is 0 Å². The number of morpholine rings is 1. The van der Waals surface area contributed by atoms with Crippen LogP contribution in [0.5, 0.6) is 5.75 Å². The lowest BCUT2D eigenvalue weighted by Gasteiger charge is -2.28. The maximum atomic E-state index is 12.9. The van der Waals surface area contributed by atoms with E-state index in [4.69, 9.17) is 21.7 Å². The van der Waals surface area contributed by atoms with Crippen molar-refractivity contribution in [3.63, 3.8) is 0 Å². The molecule has 2 aromatic carbocycles. The highest BCUT2D eigenvalue weighted by Gasteiger charge is 2.32. The molecule has 2 aliphatic rings. The Balaban J connectivity index is 1.43. The standard InChI is InChI=1S/C23H24N2O3S2/c26-22-21(30-23(29)25(22)11-10-24-12-14-27-15-13-24)16-19-8-4-5-9-20(19)28-17-18-6-2-1-3-7-18/h1-9,16H,10-15,17H2. The molecule has 156 valence electrons. The molecular weight excluding hydrogens is 416 g/mol. The van der Waals surface area contributed by atoms with Gasteiger partial charge < -0.3 is 9.47 Å². The normalized spacial score (nSPS) is 18.9. The average molecular weight is 441 g/mol. The molecule has 2 aliphatic heterocycles. The van der Waals surface area contributed by atoms with E-state index in [9.17, 15) is 4.79 Å². The minimum absolute atomic E-state index is 0.0314. The molecule has 0 radical (unpaired) electrons. The molecule has 0 spiro atoms. The number of thiocarbonyl (C=S) groups is 1. The zero-order valence-electron chi connectivity index (χ0n) is 16.7. The molecule has 0 unspecified atom stereocenters. The molecule has 7 heteroatoms. The zero-order chi connectivity index (χ0) is 20.8. The number of thioether (sulfide) groups is 1. The lowest BCUT2D eigenvalue weighted by molar-refractivity contribution is -0.122. The Hall–Kier alpha value is -2.19. The maximum absolute atomic E-state index is 12.9. The fourth-order valence-corrected chi connectivity index (χ4v) is 4.67. The van der Waals surface area contributed by atoms with Crippen molar-refractivity contribution in [3.8, 4) is 5.75 Å². The van der Waals surface area contributed by atoms with Crippen molar-refractivity contribution in [2.24, 2.45) is 0 Å². The SMILES string of the molecule is O=C1C(=Cc2ccccc2OCc2ccccc2)SC(=S)N1CCN1CCOCC1. The predicted molar refractivity (Wildman–Crippen MR) is 124 cm³/mol. The Morgan fingerprint density at radius 3 is 2.57 bits per heavy atom. The van der Waals surface area contributed by atoms with Crippen LogP contribution in [0.15, 0.2) is 59.5 Å². The Morgan fingerprint density at radius 1 is 1.03 bits per heavy atom. The molecule has 1 amide bonds. The lowest BCUT2D eigenvalue weighted by atomic mass is 10.1. The summed E-state index contributed by atoms with van der Waals surface area (Å²) in [6.07, 6.45) is 1.88. The maximum Gasteiger partial charge on any atom is 0.266 e. The molecule has 0 aliphatic carbocycles. The number of amides is 1. The van der Waals surface area contributed by atoms with E-state index in [0.717, 1.165) is 49.7 Å². The number of rotatable bonds is 7. The largest absolute Gasteiger partial charge is 0.488 e. The van der Waals surface area contributed by atoms with Gasteiger partial charge in [-0.25, -0.2) is 0 Å². The van der Waals surface area contributed by atoms with Gasteiger partial charge in [0.05, 0.1) is 18.1 Å². The van der Waals surface area contributed by atoms with E-state index < -0.39 is 0 Å². The molecule has 2 heterocycles. The van der Waals surface area contributed by atoms with Gasteiger partial charge in [-0.2, -0.15) is 0 Å². The lowest BCUT2D eigenvalue weighted by Crippen LogP contribution is -2.42. The summed E-state index contributed by atoms with van der Waals surface area (Å²) in [6, 6.07) is 17.8. The highest BCUT2D eigenvalue weighted by molar-refractivity contribution is 8.26. The van der Waals surface area contributed by atoms with Gasteiger partial charge in [0.1, 0.15) is 16.7 Å². The molecule has 0 atom stereocenters.